The summed E-state index contributed by atoms with van der Waals surface area (Å²) >= 11 is 1.29. The lowest BCUT2D eigenvalue weighted by molar-refractivity contribution is -0.118. The summed E-state index contributed by atoms with van der Waals surface area (Å²) in [5.41, 5.74) is 0. The van der Waals surface area contributed by atoms with Gasteiger partial charge in [0.05, 0.1) is 5.75 Å². The van der Waals surface area contributed by atoms with Crippen LogP contribution >= 0.6 is 11.8 Å². The van der Waals surface area contributed by atoms with Crippen molar-refractivity contribution in [3.8, 4) is 0 Å². The lowest BCUT2D eigenvalue weighted by atomic mass is 10.4. The van der Waals surface area contributed by atoms with Gasteiger partial charge in [-0.15, -0.1) is 5.10 Å². The normalized spacial score (nSPS) is 14.3. The van der Waals surface area contributed by atoms with Gasteiger partial charge in [-0.2, -0.15) is 4.98 Å². The molecule has 2 N–H and O–H groups in total. The summed E-state index contributed by atoms with van der Waals surface area (Å²) in [5.74, 6) is 2.82. The van der Waals surface area contributed by atoms with E-state index in [0.29, 0.717) is 29.9 Å². The Morgan fingerprint density at radius 1 is 1.48 bits per heavy atom. The van der Waals surface area contributed by atoms with Crippen LogP contribution in [0.4, 0.5) is 0 Å². The molecule has 0 bridgehead atoms. The zero-order valence-electron chi connectivity index (χ0n) is 11.6. The average Bonchev–Trinajstić information content (AvgIpc) is 3.07. The zero-order valence-corrected chi connectivity index (χ0v) is 12.4. The van der Waals surface area contributed by atoms with Crippen molar-refractivity contribution >= 4 is 17.7 Å². The smallest absolute Gasteiger partial charge is 0.230 e. The summed E-state index contributed by atoms with van der Waals surface area (Å²) in [6, 6.07) is 0. The number of carbonyl (C=O) groups is 1. The van der Waals surface area contributed by atoms with Crippen LogP contribution in [0, 0.1) is 6.92 Å². The van der Waals surface area contributed by atoms with Gasteiger partial charge < -0.3 is 9.84 Å². The van der Waals surface area contributed by atoms with Crippen molar-refractivity contribution < 1.29 is 9.32 Å². The van der Waals surface area contributed by atoms with Gasteiger partial charge in [0.15, 0.2) is 5.82 Å². The van der Waals surface area contributed by atoms with Gasteiger partial charge in [-0.25, -0.2) is 4.98 Å². The van der Waals surface area contributed by atoms with E-state index in [1.54, 1.807) is 0 Å². The third-order valence-corrected chi connectivity index (χ3v) is 3.84. The van der Waals surface area contributed by atoms with Crippen LogP contribution in [0.3, 0.4) is 0 Å². The molecule has 2 heterocycles. The van der Waals surface area contributed by atoms with Crippen LogP contribution < -0.4 is 5.32 Å². The number of H-pyrrole nitrogens is 1. The predicted octanol–water partition coefficient (Wildman–Crippen LogP) is 0.825. The van der Waals surface area contributed by atoms with E-state index in [1.807, 2.05) is 6.92 Å². The van der Waals surface area contributed by atoms with Gasteiger partial charge in [0.2, 0.25) is 17.0 Å². The molecule has 0 aromatic carbocycles. The number of amides is 1. The molecule has 0 saturated heterocycles. The van der Waals surface area contributed by atoms with Crippen LogP contribution in [0.2, 0.25) is 0 Å². The molecule has 1 aliphatic carbocycles. The molecular weight excluding hydrogens is 292 g/mol. The first-order chi connectivity index (χ1) is 10.2. The summed E-state index contributed by atoms with van der Waals surface area (Å²) in [4.78, 5) is 20.1. The van der Waals surface area contributed by atoms with E-state index in [0.717, 1.165) is 24.5 Å². The minimum atomic E-state index is -0.0654. The highest BCUT2D eigenvalue weighted by molar-refractivity contribution is 7.99. The number of aromatic amines is 1. The molecule has 1 amide bonds. The molecule has 0 spiro atoms. The molecule has 1 saturated carbocycles. The van der Waals surface area contributed by atoms with Gasteiger partial charge >= 0.3 is 0 Å². The van der Waals surface area contributed by atoms with Crippen LogP contribution in [0.25, 0.3) is 0 Å². The second-order valence-electron chi connectivity index (χ2n) is 4.91. The Bertz CT molecular complexity index is 621. The number of hydrogen-bond acceptors (Lipinski definition) is 7. The Morgan fingerprint density at radius 3 is 3.05 bits per heavy atom. The van der Waals surface area contributed by atoms with E-state index in [1.165, 1.54) is 11.8 Å². The van der Waals surface area contributed by atoms with Gasteiger partial charge in [0, 0.05) is 18.9 Å². The fourth-order valence-electron chi connectivity index (χ4n) is 1.75. The summed E-state index contributed by atoms with van der Waals surface area (Å²) in [5, 5.41) is 14.0. The molecule has 0 unspecified atom stereocenters. The maximum absolute atomic E-state index is 11.7. The third kappa shape index (κ3) is 4.03. The number of nitrogens with zero attached hydrogens (tertiary/aromatic N) is 4. The summed E-state index contributed by atoms with van der Waals surface area (Å²) in [7, 11) is 0. The lowest BCUT2D eigenvalue weighted by Gasteiger charge is -2.01. The maximum atomic E-state index is 11.7. The van der Waals surface area contributed by atoms with Crippen LogP contribution in [0.1, 0.15) is 36.3 Å². The molecule has 8 nitrogen and oxygen atoms in total. The molecule has 9 heteroatoms. The van der Waals surface area contributed by atoms with Crippen LogP contribution in [-0.4, -0.2) is 43.5 Å². The SMILES string of the molecule is Cc1nc(SCC(=O)NCCc2nc(C3CC3)no2)n[nH]1. The van der Waals surface area contributed by atoms with Crippen molar-refractivity contribution in [2.45, 2.75) is 37.3 Å². The second-order valence-corrected chi connectivity index (χ2v) is 5.86. The van der Waals surface area contributed by atoms with E-state index in [2.05, 4.69) is 30.6 Å². The summed E-state index contributed by atoms with van der Waals surface area (Å²) in [6.45, 7) is 2.30. The molecule has 3 rings (SSSR count). The van der Waals surface area contributed by atoms with Crippen molar-refractivity contribution in [2.24, 2.45) is 0 Å². The monoisotopic (exact) mass is 308 g/mol. The van der Waals surface area contributed by atoms with E-state index in [4.69, 9.17) is 4.52 Å². The third-order valence-electron chi connectivity index (χ3n) is 3.00. The molecule has 112 valence electrons. The number of thioether (sulfide) groups is 1. The van der Waals surface area contributed by atoms with Crippen molar-refractivity contribution in [1.82, 2.24) is 30.6 Å². The predicted molar refractivity (Wildman–Crippen MR) is 74.8 cm³/mol. The highest BCUT2D eigenvalue weighted by atomic mass is 32.2. The molecule has 1 fully saturated rings. The minimum Gasteiger partial charge on any atom is -0.355 e. The van der Waals surface area contributed by atoms with Gasteiger partial charge in [0.1, 0.15) is 5.82 Å². The standard InChI is InChI=1S/C12H16N6O2S/c1-7-14-12(17-16-7)21-6-9(19)13-5-4-10-15-11(18-20-10)8-2-3-8/h8H,2-6H2,1H3,(H,13,19)(H,14,16,17). The zero-order chi connectivity index (χ0) is 14.7. The van der Waals surface area contributed by atoms with Gasteiger partial charge in [0.25, 0.3) is 0 Å². The van der Waals surface area contributed by atoms with Crippen molar-refractivity contribution in [3.63, 3.8) is 0 Å². The number of aryl methyl sites for hydroxylation is 1. The number of carbonyl (C=O) groups excluding carboxylic acids is 1. The van der Waals surface area contributed by atoms with Crippen LogP contribution in [0.5, 0.6) is 0 Å². The quantitative estimate of drug-likeness (QED) is 0.729. The maximum Gasteiger partial charge on any atom is 0.230 e. The highest BCUT2D eigenvalue weighted by Gasteiger charge is 2.28. The molecule has 1 aliphatic rings. The van der Waals surface area contributed by atoms with Crippen molar-refractivity contribution in [1.29, 1.82) is 0 Å². The first-order valence-corrected chi connectivity index (χ1v) is 7.80. The molecule has 21 heavy (non-hydrogen) atoms. The minimum absolute atomic E-state index is 0.0654. The fourth-order valence-corrected chi connectivity index (χ4v) is 2.43. The topological polar surface area (TPSA) is 110 Å². The Kier molecular flexibility index (Phi) is 4.18. The van der Waals surface area contributed by atoms with Gasteiger partial charge in [-0.3, -0.25) is 9.89 Å². The number of hydrogen-bond donors (Lipinski definition) is 2. The molecule has 2 aromatic rings. The first kappa shape index (κ1) is 14.1. The van der Waals surface area contributed by atoms with Gasteiger partial charge in [-0.05, 0) is 19.8 Å². The van der Waals surface area contributed by atoms with Crippen molar-refractivity contribution in [2.75, 3.05) is 12.3 Å². The molecule has 0 atom stereocenters. The Hall–Kier alpha value is -1.90. The Morgan fingerprint density at radius 2 is 2.33 bits per heavy atom. The molecule has 0 radical (unpaired) electrons. The second kappa shape index (κ2) is 6.25. The van der Waals surface area contributed by atoms with Gasteiger partial charge in [-0.1, -0.05) is 16.9 Å². The molecule has 2 aromatic heterocycles. The highest BCUT2D eigenvalue weighted by Crippen LogP contribution is 2.38. The van der Waals surface area contributed by atoms with E-state index >= 15 is 0 Å². The fraction of sp³-hybridized carbons (Fsp3) is 0.583. The number of aromatic nitrogens is 5. The average molecular weight is 308 g/mol. The summed E-state index contributed by atoms with van der Waals surface area (Å²) in [6.07, 6.45) is 2.84. The van der Waals surface area contributed by atoms with Crippen LogP contribution in [-0.2, 0) is 11.2 Å². The van der Waals surface area contributed by atoms with E-state index in [-0.39, 0.29) is 11.7 Å². The lowest BCUT2D eigenvalue weighted by Crippen LogP contribution is -2.27. The van der Waals surface area contributed by atoms with E-state index in [9.17, 15) is 4.79 Å². The van der Waals surface area contributed by atoms with Crippen molar-refractivity contribution in [3.05, 3.63) is 17.5 Å². The molecular formula is C12H16N6O2S. The van der Waals surface area contributed by atoms with Crippen LogP contribution in [0.15, 0.2) is 9.68 Å². The first-order valence-electron chi connectivity index (χ1n) is 6.81. The molecule has 0 aliphatic heterocycles. The Balaban J connectivity index is 1.35. The number of rotatable bonds is 7. The largest absolute Gasteiger partial charge is 0.355 e. The number of nitrogens with one attached hydrogen (secondary N) is 2. The summed E-state index contributed by atoms with van der Waals surface area (Å²) < 4.78 is 5.14. The van der Waals surface area contributed by atoms with E-state index < -0.39 is 0 Å². The Labute approximate surface area is 125 Å².